The molecule has 0 unspecified atom stereocenters. The second kappa shape index (κ2) is 7.86. The second-order valence-corrected chi connectivity index (χ2v) is 6.42. The fourth-order valence-corrected chi connectivity index (χ4v) is 2.40. The SMILES string of the molecule is CO/N=C/C=C(/C(=O)OC)c1cn(C(=O)OC(C)(C)C)c2ccccc12. The summed E-state index contributed by atoms with van der Waals surface area (Å²) >= 11 is 0. The maximum atomic E-state index is 12.6. The first-order valence-corrected chi connectivity index (χ1v) is 7.97. The summed E-state index contributed by atoms with van der Waals surface area (Å²) in [5.74, 6) is -0.556. The van der Waals surface area contributed by atoms with Crippen LogP contribution in [0.4, 0.5) is 4.79 Å². The van der Waals surface area contributed by atoms with Crippen LogP contribution in [0.25, 0.3) is 16.5 Å². The zero-order valence-corrected chi connectivity index (χ0v) is 15.5. The van der Waals surface area contributed by atoms with Crippen molar-refractivity contribution < 1.29 is 23.9 Å². The van der Waals surface area contributed by atoms with E-state index in [9.17, 15) is 9.59 Å². The number of benzene rings is 1. The Morgan fingerprint density at radius 3 is 2.46 bits per heavy atom. The van der Waals surface area contributed by atoms with Gasteiger partial charge >= 0.3 is 12.1 Å². The van der Waals surface area contributed by atoms with Gasteiger partial charge in [0.15, 0.2) is 0 Å². The Kier molecular flexibility index (Phi) is 5.82. The first-order valence-electron chi connectivity index (χ1n) is 7.97. The first-order chi connectivity index (χ1) is 12.3. The lowest BCUT2D eigenvalue weighted by atomic mass is 10.0. The Hall–Kier alpha value is -3.09. The second-order valence-electron chi connectivity index (χ2n) is 6.42. The molecule has 7 nitrogen and oxygen atoms in total. The van der Waals surface area contributed by atoms with Crippen LogP contribution in [-0.4, -0.2) is 42.7 Å². The Morgan fingerprint density at radius 2 is 1.85 bits per heavy atom. The van der Waals surface area contributed by atoms with Gasteiger partial charge in [-0.2, -0.15) is 0 Å². The Labute approximate surface area is 151 Å². The average Bonchev–Trinajstić information content (AvgIpc) is 2.96. The van der Waals surface area contributed by atoms with Crippen molar-refractivity contribution in [1.82, 2.24) is 4.57 Å². The fraction of sp³-hybridized carbons (Fsp3) is 0.316. The van der Waals surface area contributed by atoms with E-state index < -0.39 is 17.7 Å². The van der Waals surface area contributed by atoms with Crippen molar-refractivity contribution in [3.63, 3.8) is 0 Å². The van der Waals surface area contributed by atoms with Gasteiger partial charge in [0.05, 0.1) is 24.4 Å². The monoisotopic (exact) mass is 358 g/mol. The van der Waals surface area contributed by atoms with Crippen LogP contribution in [0.3, 0.4) is 0 Å². The van der Waals surface area contributed by atoms with E-state index in [1.165, 1.54) is 31.1 Å². The van der Waals surface area contributed by atoms with Crippen LogP contribution in [0.5, 0.6) is 0 Å². The van der Waals surface area contributed by atoms with E-state index >= 15 is 0 Å². The highest BCUT2D eigenvalue weighted by molar-refractivity contribution is 6.23. The number of ether oxygens (including phenoxy) is 2. The molecule has 0 aliphatic rings. The van der Waals surface area contributed by atoms with Crippen LogP contribution in [0.1, 0.15) is 26.3 Å². The summed E-state index contributed by atoms with van der Waals surface area (Å²) in [5.41, 5.74) is 0.747. The highest BCUT2D eigenvalue weighted by atomic mass is 16.6. The van der Waals surface area contributed by atoms with Crippen LogP contribution in [0, 0.1) is 0 Å². The minimum atomic E-state index is -0.644. The topological polar surface area (TPSA) is 79.1 Å². The molecule has 0 bridgehead atoms. The predicted molar refractivity (Wildman–Crippen MR) is 99.1 cm³/mol. The summed E-state index contributed by atoms with van der Waals surface area (Å²) in [6.45, 7) is 5.37. The molecule has 0 N–H and O–H groups in total. The zero-order valence-electron chi connectivity index (χ0n) is 15.5. The van der Waals surface area contributed by atoms with E-state index in [1.807, 2.05) is 12.1 Å². The summed E-state index contributed by atoms with van der Waals surface area (Å²) in [6.07, 6.45) is 3.83. The Balaban J connectivity index is 2.63. The third kappa shape index (κ3) is 4.30. The molecule has 2 rings (SSSR count). The van der Waals surface area contributed by atoms with Crippen LogP contribution < -0.4 is 0 Å². The molecule has 0 saturated heterocycles. The number of nitrogens with zero attached hydrogens (tertiary/aromatic N) is 2. The number of carbonyl (C=O) groups excluding carboxylic acids is 2. The number of hydrogen-bond acceptors (Lipinski definition) is 6. The largest absolute Gasteiger partial charge is 0.465 e. The number of para-hydroxylation sites is 1. The van der Waals surface area contributed by atoms with E-state index in [4.69, 9.17) is 9.47 Å². The molecule has 1 aromatic heterocycles. The number of fused-ring (bicyclic) bond motifs is 1. The molecule has 1 heterocycles. The molecular weight excluding hydrogens is 336 g/mol. The first kappa shape index (κ1) is 19.2. The molecule has 2 aromatic rings. The van der Waals surface area contributed by atoms with E-state index in [1.54, 1.807) is 39.1 Å². The van der Waals surface area contributed by atoms with E-state index in [2.05, 4.69) is 9.99 Å². The summed E-state index contributed by atoms with van der Waals surface area (Å²) in [7, 11) is 2.69. The van der Waals surface area contributed by atoms with Crippen molar-refractivity contribution >= 4 is 34.8 Å². The van der Waals surface area contributed by atoms with Crippen LogP contribution in [0.2, 0.25) is 0 Å². The standard InChI is InChI=1S/C19H22N2O5/c1-19(2,3)26-18(23)21-12-15(13-8-6-7-9-16(13)21)14(17(22)24-4)10-11-20-25-5/h6-12H,1-5H3/b14-10+,20-11+. The summed E-state index contributed by atoms with van der Waals surface area (Å²) in [4.78, 5) is 29.4. The van der Waals surface area contributed by atoms with Gasteiger partial charge in [0.25, 0.3) is 0 Å². The quantitative estimate of drug-likeness (QED) is 0.361. The van der Waals surface area contributed by atoms with Crippen molar-refractivity contribution in [2.75, 3.05) is 14.2 Å². The Morgan fingerprint density at radius 1 is 1.15 bits per heavy atom. The van der Waals surface area contributed by atoms with Gasteiger partial charge in [0.2, 0.25) is 0 Å². The summed E-state index contributed by atoms with van der Waals surface area (Å²) in [6, 6.07) is 7.22. The van der Waals surface area contributed by atoms with Crippen molar-refractivity contribution in [3.8, 4) is 0 Å². The highest BCUT2D eigenvalue weighted by Gasteiger charge is 2.23. The fourth-order valence-electron chi connectivity index (χ4n) is 2.40. The molecule has 0 atom stereocenters. The van der Waals surface area contributed by atoms with Crippen molar-refractivity contribution in [2.45, 2.75) is 26.4 Å². The number of methoxy groups -OCH3 is 1. The lowest BCUT2D eigenvalue weighted by molar-refractivity contribution is -0.133. The normalized spacial score (nSPS) is 12.4. The van der Waals surface area contributed by atoms with E-state index in [-0.39, 0.29) is 5.57 Å². The zero-order chi connectivity index (χ0) is 19.3. The van der Waals surface area contributed by atoms with Crippen LogP contribution in [0.15, 0.2) is 41.7 Å². The van der Waals surface area contributed by atoms with Crippen molar-refractivity contribution in [2.24, 2.45) is 5.16 Å². The smallest absolute Gasteiger partial charge is 0.419 e. The molecule has 0 aliphatic heterocycles. The Bertz CT molecular complexity index is 872. The van der Waals surface area contributed by atoms with Gasteiger partial charge in [-0.1, -0.05) is 23.4 Å². The van der Waals surface area contributed by atoms with Crippen LogP contribution >= 0.6 is 0 Å². The van der Waals surface area contributed by atoms with Gasteiger partial charge < -0.3 is 14.3 Å². The minimum Gasteiger partial charge on any atom is -0.465 e. The number of hydrogen-bond donors (Lipinski definition) is 0. The molecule has 138 valence electrons. The number of oxime groups is 1. The summed E-state index contributed by atoms with van der Waals surface area (Å²) in [5, 5.41) is 4.33. The number of aromatic nitrogens is 1. The lowest BCUT2D eigenvalue weighted by Crippen LogP contribution is -2.26. The number of rotatable bonds is 4. The molecule has 26 heavy (non-hydrogen) atoms. The van der Waals surface area contributed by atoms with Gasteiger partial charge in [0, 0.05) is 17.1 Å². The lowest BCUT2D eigenvalue weighted by Gasteiger charge is -2.19. The molecular formula is C19H22N2O5. The highest BCUT2D eigenvalue weighted by Crippen LogP contribution is 2.28. The van der Waals surface area contributed by atoms with Gasteiger partial charge in [-0.3, -0.25) is 4.57 Å². The maximum Gasteiger partial charge on any atom is 0.419 e. The van der Waals surface area contributed by atoms with Crippen molar-refractivity contribution in [1.29, 1.82) is 0 Å². The molecule has 0 aliphatic carbocycles. The third-order valence-electron chi connectivity index (χ3n) is 3.41. The van der Waals surface area contributed by atoms with Crippen LogP contribution in [-0.2, 0) is 19.1 Å². The average molecular weight is 358 g/mol. The van der Waals surface area contributed by atoms with Gasteiger partial charge in [-0.15, -0.1) is 0 Å². The molecule has 0 amide bonds. The number of carbonyl (C=O) groups is 2. The molecule has 0 saturated carbocycles. The molecule has 0 radical (unpaired) electrons. The van der Waals surface area contributed by atoms with E-state index in [0.29, 0.717) is 16.5 Å². The molecule has 0 spiro atoms. The predicted octanol–water partition coefficient (Wildman–Crippen LogP) is 3.61. The number of esters is 1. The van der Waals surface area contributed by atoms with Gasteiger partial charge in [0.1, 0.15) is 12.7 Å². The van der Waals surface area contributed by atoms with Gasteiger partial charge in [-0.25, -0.2) is 9.59 Å². The third-order valence-corrected chi connectivity index (χ3v) is 3.41. The summed E-state index contributed by atoms with van der Waals surface area (Å²) < 4.78 is 11.7. The minimum absolute atomic E-state index is 0.242. The van der Waals surface area contributed by atoms with Gasteiger partial charge in [-0.05, 0) is 32.9 Å². The molecule has 0 fully saturated rings. The molecule has 1 aromatic carbocycles. The van der Waals surface area contributed by atoms with E-state index in [0.717, 1.165) is 0 Å². The van der Waals surface area contributed by atoms with Crippen molar-refractivity contribution in [3.05, 3.63) is 42.1 Å². The maximum absolute atomic E-state index is 12.6. The molecule has 7 heteroatoms. The number of allylic oxidation sites excluding steroid dienone is 1.